The molecule has 6 heteroatoms. The van der Waals surface area contributed by atoms with Gasteiger partial charge in [-0.1, -0.05) is 6.07 Å². The summed E-state index contributed by atoms with van der Waals surface area (Å²) in [4.78, 5) is 26.8. The Bertz CT molecular complexity index is 784. The third-order valence-electron chi connectivity index (χ3n) is 4.60. The zero-order valence-corrected chi connectivity index (χ0v) is 16.7. The minimum atomic E-state index is -0.109. The second-order valence-electron chi connectivity index (χ2n) is 6.29. The quantitative estimate of drug-likeness (QED) is 0.538. The smallest absolute Gasteiger partial charge is 0.321 e. The number of carbonyl (C=O) groups excluding carboxylic acids is 2. The molecule has 3 rings (SSSR count). The zero-order chi connectivity index (χ0) is 18.5. The highest BCUT2D eigenvalue weighted by Gasteiger charge is 2.28. The van der Waals surface area contributed by atoms with Gasteiger partial charge in [-0.3, -0.25) is 4.79 Å². The molecule has 2 aromatic rings. The van der Waals surface area contributed by atoms with E-state index in [0.717, 1.165) is 15.0 Å². The van der Waals surface area contributed by atoms with Gasteiger partial charge in [-0.05, 0) is 77.9 Å². The largest absolute Gasteiger partial charge is 0.497 e. The number of carbonyl (C=O) groups is 2. The molecular weight excluding hydrogens is 443 g/mol. The highest BCUT2D eigenvalue weighted by Crippen LogP contribution is 2.24. The van der Waals surface area contributed by atoms with Gasteiger partial charge in [-0.2, -0.15) is 0 Å². The van der Waals surface area contributed by atoms with Crippen LogP contribution in [0.3, 0.4) is 0 Å². The Morgan fingerprint density at radius 2 is 1.81 bits per heavy atom. The van der Waals surface area contributed by atoms with E-state index >= 15 is 0 Å². The Morgan fingerprint density at radius 1 is 1.12 bits per heavy atom. The van der Waals surface area contributed by atoms with Crippen molar-refractivity contribution >= 4 is 40.1 Å². The minimum absolute atomic E-state index is 0.0369. The summed E-state index contributed by atoms with van der Waals surface area (Å²) in [6.45, 7) is 1.17. The monoisotopic (exact) mass is 464 g/mol. The number of hydrogen-bond acceptors (Lipinski definition) is 3. The number of hydrogen-bond donors (Lipinski definition) is 1. The second-order valence-corrected chi connectivity index (χ2v) is 7.54. The van der Waals surface area contributed by atoms with E-state index in [9.17, 15) is 9.59 Å². The van der Waals surface area contributed by atoms with Gasteiger partial charge >= 0.3 is 6.03 Å². The predicted molar refractivity (Wildman–Crippen MR) is 110 cm³/mol. The normalized spacial score (nSPS) is 14.8. The molecule has 0 spiro atoms. The molecule has 26 heavy (non-hydrogen) atoms. The second kappa shape index (κ2) is 8.53. The molecule has 1 aliphatic heterocycles. The van der Waals surface area contributed by atoms with Gasteiger partial charge in [-0.15, -0.1) is 0 Å². The lowest BCUT2D eigenvalue weighted by Crippen LogP contribution is -2.42. The van der Waals surface area contributed by atoms with E-state index in [1.165, 1.54) is 0 Å². The van der Waals surface area contributed by atoms with Crippen LogP contribution in [0.15, 0.2) is 48.5 Å². The van der Waals surface area contributed by atoms with Crippen LogP contribution in [0.25, 0.3) is 0 Å². The molecule has 0 atom stereocenters. The highest BCUT2D eigenvalue weighted by atomic mass is 127. The van der Waals surface area contributed by atoms with Crippen molar-refractivity contribution in [3.63, 3.8) is 0 Å². The Labute approximate surface area is 166 Å². The lowest BCUT2D eigenvalue weighted by atomic mass is 9.89. The molecule has 0 saturated carbocycles. The molecule has 0 unspecified atom stereocenters. The summed E-state index contributed by atoms with van der Waals surface area (Å²) in [5, 5.41) is 2.92. The number of piperidine rings is 1. The van der Waals surface area contributed by atoms with Gasteiger partial charge in [0, 0.05) is 33.8 Å². The van der Waals surface area contributed by atoms with Gasteiger partial charge < -0.3 is 15.0 Å². The van der Waals surface area contributed by atoms with Crippen LogP contribution in [0.1, 0.15) is 23.2 Å². The molecule has 136 valence electrons. The lowest BCUT2D eigenvalue weighted by molar-refractivity contribution is 0.0859. The Kier molecular flexibility index (Phi) is 6.13. The molecule has 1 N–H and O–H groups in total. The van der Waals surface area contributed by atoms with Crippen molar-refractivity contribution in [1.82, 2.24) is 4.90 Å². The fourth-order valence-corrected chi connectivity index (χ4v) is 3.65. The standard InChI is InChI=1S/C20H21IN2O3/c1-26-18-7-5-14(6-8-18)19(24)15-9-11-23(12-10-15)20(25)22-17-4-2-3-16(21)13-17/h2-8,13,15H,9-12H2,1H3,(H,22,25). The number of nitrogens with one attached hydrogen (secondary N) is 1. The highest BCUT2D eigenvalue weighted by molar-refractivity contribution is 14.1. The van der Waals surface area contributed by atoms with Crippen LogP contribution < -0.4 is 10.1 Å². The van der Waals surface area contributed by atoms with Gasteiger partial charge in [-0.25, -0.2) is 4.79 Å². The first-order chi connectivity index (χ1) is 12.6. The number of urea groups is 1. The van der Waals surface area contributed by atoms with E-state index in [1.54, 1.807) is 36.3 Å². The van der Waals surface area contributed by atoms with Crippen molar-refractivity contribution in [2.75, 3.05) is 25.5 Å². The summed E-state index contributed by atoms with van der Waals surface area (Å²) in [7, 11) is 1.61. The topological polar surface area (TPSA) is 58.6 Å². The van der Waals surface area contributed by atoms with E-state index in [-0.39, 0.29) is 17.7 Å². The summed E-state index contributed by atoms with van der Waals surface area (Å²) in [6.07, 6.45) is 1.37. The van der Waals surface area contributed by atoms with Gasteiger partial charge in [0.1, 0.15) is 5.75 Å². The fraction of sp³-hybridized carbons (Fsp3) is 0.300. The molecule has 5 nitrogen and oxygen atoms in total. The van der Waals surface area contributed by atoms with Crippen LogP contribution in [0, 0.1) is 9.49 Å². The number of Topliss-reactive ketones (excluding diaryl/α,β-unsaturated/α-hetero) is 1. The number of nitrogens with zero attached hydrogens (tertiary/aromatic N) is 1. The Balaban J connectivity index is 1.54. The third-order valence-corrected chi connectivity index (χ3v) is 5.27. The van der Waals surface area contributed by atoms with E-state index in [2.05, 4.69) is 27.9 Å². The number of ether oxygens (including phenoxy) is 1. The molecule has 1 saturated heterocycles. The maximum absolute atomic E-state index is 12.6. The van der Waals surface area contributed by atoms with Gasteiger partial charge in [0.05, 0.1) is 7.11 Å². The number of anilines is 1. The molecule has 0 bridgehead atoms. The zero-order valence-electron chi connectivity index (χ0n) is 14.6. The van der Waals surface area contributed by atoms with Gasteiger partial charge in [0.15, 0.2) is 5.78 Å². The van der Waals surface area contributed by atoms with Crippen LogP contribution in [-0.2, 0) is 0 Å². The lowest BCUT2D eigenvalue weighted by Gasteiger charge is -2.31. The predicted octanol–water partition coefficient (Wildman–Crippen LogP) is 4.43. The first-order valence-corrected chi connectivity index (χ1v) is 9.64. The molecule has 1 heterocycles. The van der Waals surface area contributed by atoms with E-state index in [1.807, 2.05) is 24.3 Å². The van der Waals surface area contributed by atoms with E-state index in [4.69, 9.17) is 4.74 Å². The SMILES string of the molecule is COc1ccc(C(=O)C2CCN(C(=O)Nc3cccc(I)c3)CC2)cc1. The number of amides is 2. The van der Waals surface area contributed by atoms with Crippen LogP contribution in [0.4, 0.5) is 10.5 Å². The minimum Gasteiger partial charge on any atom is -0.497 e. The first kappa shape index (κ1) is 18.7. The maximum atomic E-state index is 12.6. The first-order valence-electron chi connectivity index (χ1n) is 8.56. The molecule has 2 aromatic carbocycles. The van der Waals surface area contributed by atoms with Gasteiger partial charge in [0.2, 0.25) is 0 Å². The Hall–Kier alpha value is -2.09. The number of methoxy groups -OCH3 is 1. The average Bonchev–Trinajstić information content (AvgIpc) is 2.67. The Morgan fingerprint density at radius 3 is 2.42 bits per heavy atom. The molecule has 1 fully saturated rings. The molecular formula is C20H21IN2O3. The van der Waals surface area contributed by atoms with Crippen molar-refractivity contribution in [3.05, 3.63) is 57.7 Å². The number of benzene rings is 2. The van der Waals surface area contributed by atoms with Crippen molar-refractivity contribution in [1.29, 1.82) is 0 Å². The summed E-state index contributed by atoms with van der Waals surface area (Å²) < 4.78 is 6.20. The molecule has 0 aliphatic carbocycles. The van der Waals surface area contributed by atoms with E-state index in [0.29, 0.717) is 31.5 Å². The van der Waals surface area contributed by atoms with Crippen LogP contribution in [0.2, 0.25) is 0 Å². The van der Waals surface area contributed by atoms with Crippen molar-refractivity contribution in [2.45, 2.75) is 12.8 Å². The van der Waals surface area contributed by atoms with Crippen LogP contribution >= 0.6 is 22.6 Å². The van der Waals surface area contributed by atoms with Crippen molar-refractivity contribution in [2.24, 2.45) is 5.92 Å². The summed E-state index contributed by atoms with van der Waals surface area (Å²) >= 11 is 2.22. The van der Waals surface area contributed by atoms with Crippen LogP contribution in [0.5, 0.6) is 5.75 Å². The molecule has 0 radical (unpaired) electrons. The number of ketones is 1. The average molecular weight is 464 g/mol. The van der Waals surface area contributed by atoms with Crippen molar-refractivity contribution in [3.8, 4) is 5.75 Å². The van der Waals surface area contributed by atoms with E-state index < -0.39 is 0 Å². The third kappa shape index (κ3) is 4.55. The van der Waals surface area contributed by atoms with Crippen molar-refractivity contribution < 1.29 is 14.3 Å². The summed E-state index contributed by atoms with van der Waals surface area (Å²) in [6, 6.07) is 14.8. The molecule has 0 aromatic heterocycles. The van der Waals surface area contributed by atoms with Crippen LogP contribution in [-0.4, -0.2) is 36.9 Å². The molecule has 2 amide bonds. The summed E-state index contributed by atoms with van der Waals surface area (Å²) in [5.41, 5.74) is 1.49. The fourth-order valence-electron chi connectivity index (χ4n) is 3.10. The summed E-state index contributed by atoms with van der Waals surface area (Å²) in [5.74, 6) is 0.846. The maximum Gasteiger partial charge on any atom is 0.321 e. The number of rotatable bonds is 4. The van der Waals surface area contributed by atoms with Gasteiger partial charge in [0.25, 0.3) is 0 Å². The number of likely N-dealkylation sites (tertiary alicyclic amines) is 1. The number of halogens is 1. The molecule has 1 aliphatic rings.